The second-order valence-corrected chi connectivity index (χ2v) is 9.09. The lowest BCUT2D eigenvalue weighted by molar-refractivity contribution is 0.535. The Bertz CT molecular complexity index is 766. The number of rotatable bonds is 5. The molecule has 3 rings (SSSR count). The molecule has 0 aliphatic heterocycles. The largest absolute Gasteiger partial charge is 0.255 e. The zero-order chi connectivity index (χ0) is 28.4. The Morgan fingerprint density at radius 1 is 0.500 bits per heavy atom. The van der Waals surface area contributed by atoms with Crippen molar-refractivity contribution in [3.63, 3.8) is 0 Å². The van der Waals surface area contributed by atoms with E-state index in [9.17, 15) is 8.78 Å². The van der Waals surface area contributed by atoms with Crippen molar-refractivity contribution in [2.45, 2.75) is 95.4 Å². The first-order valence-corrected chi connectivity index (χ1v) is 13.2. The van der Waals surface area contributed by atoms with Crippen molar-refractivity contribution in [2.24, 2.45) is 11.8 Å². The summed E-state index contributed by atoms with van der Waals surface area (Å²) in [6.45, 7) is 19.7. The van der Waals surface area contributed by atoms with Gasteiger partial charge in [-0.25, -0.2) is 0 Å². The third kappa shape index (κ3) is 25.2. The predicted molar refractivity (Wildman–Crippen MR) is 174 cm³/mol. The summed E-state index contributed by atoms with van der Waals surface area (Å²) in [7, 11) is 1.00. The maximum Gasteiger partial charge on any atom is 0.0785 e. The topological polar surface area (TPSA) is 0 Å². The number of halogens is 2. The van der Waals surface area contributed by atoms with E-state index in [1.807, 2.05) is 19.9 Å². The molecule has 1 atom stereocenters. The maximum absolute atomic E-state index is 9.50. The van der Waals surface area contributed by atoms with E-state index in [4.69, 9.17) is 0 Å². The Hall–Kier alpha value is -2.48. The fourth-order valence-corrected chi connectivity index (χ4v) is 3.06. The van der Waals surface area contributed by atoms with Gasteiger partial charge in [-0.05, 0) is 46.8 Å². The van der Waals surface area contributed by atoms with Gasteiger partial charge in [-0.2, -0.15) is 0 Å². The molecule has 0 heterocycles. The van der Waals surface area contributed by atoms with Crippen LogP contribution in [0.15, 0.2) is 91.0 Å². The second kappa shape index (κ2) is 32.5. The van der Waals surface area contributed by atoms with Crippen molar-refractivity contribution in [3.8, 4) is 0 Å². The van der Waals surface area contributed by atoms with Gasteiger partial charge in [-0.1, -0.05) is 168 Å². The van der Waals surface area contributed by atoms with Gasteiger partial charge in [0.25, 0.3) is 0 Å². The van der Waals surface area contributed by atoms with Crippen LogP contribution in [-0.2, 0) is 6.42 Å². The third-order valence-corrected chi connectivity index (χ3v) is 5.28. The predicted octanol–water partition coefficient (Wildman–Crippen LogP) is 12.6. The van der Waals surface area contributed by atoms with E-state index in [1.165, 1.54) is 23.1 Å². The van der Waals surface area contributed by atoms with Crippen LogP contribution in [-0.4, -0.2) is 14.4 Å². The van der Waals surface area contributed by atoms with Crippen molar-refractivity contribution in [1.82, 2.24) is 0 Å². The molecule has 0 saturated carbocycles. The lowest BCUT2D eigenvalue weighted by atomic mass is 9.91. The van der Waals surface area contributed by atoms with E-state index >= 15 is 0 Å². The molecule has 3 aromatic carbocycles. The molecule has 1 unspecified atom stereocenters. The molecule has 0 bridgehead atoms. The fourth-order valence-electron chi connectivity index (χ4n) is 3.06. The van der Waals surface area contributed by atoms with E-state index in [2.05, 4.69) is 133 Å². The summed E-state index contributed by atoms with van der Waals surface area (Å²) in [5, 5.41) is 0. The molecule has 0 spiro atoms. The Balaban J connectivity index is -0.000000127. The summed E-state index contributed by atoms with van der Waals surface area (Å²) in [6, 6.07) is 31.8. The zero-order valence-electron chi connectivity index (χ0n) is 24.9. The van der Waals surface area contributed by atoms with Crippen LogP contribution in [0.3, 0.4) is 0 Å². The molecule has 0 radical (unpaired) electrons. The Kier molecular flexibility index (Phi) is 38.9. The smallest absolute Gasteiger partial charge is 0.0785 e. The van der Waals surface area contributed by atoms with Crippen LogP contribution in [0.25, 0.3) is 0 Å². The minimum atomic E-state index is 0. The quantitative estimate of drug-likeness (QED) is 0.306. The first-order valence-electron chi connectivity index (χ1n) is 13.2. The normalized spacial score (nSPS) is 9.47. The van der Waals surface area contributed by atoms with Gasteiger partial charge < -0.3 is 0 Å². The van der Waals surface area contributed by atoms with Gasteiger partial charge in [0, 0.05) is 0 Å². The highest BCUT2D eigenvalue weighted by atomic mass is 19.1. The van der Waals surface area contributed by atoms with Crippen molar-refractivity contribution in [1.29, 1.82) is 0 Å². The van der Waals surface area contributed by atoms with Crippen LogP contribution in [0.5, 0.6) is 0 Å². The van der Waals surface area contributed by atoms with Gasteiger partial charge in [0.15, 0.2) is 0 Å². The molecule has 3 aromatic rings. The molecular weight excluding hydrogens is 470 g/mol. The van der Waals surface area contributed by atoms with Crippen molar-refractivity contribution < 1.29 is 8.78 Å². The van der Waals surface area contributed by atoms with E-state index < -0.39 is 0 Å². The number of hydrogen-bond donors (Lipinski definition) is 0. The summed E-state index contributed by atoms with van der Waals surface area (Å²) in [5.41, 5.74) is 4.30. The van der Waals surface area contributed by atoms with E-state index in [1.54, 1.807) is 0 Å². The molecule has 0 saturated heterocycles. The van der Waals surface area contributed by atoms with Gasteiger partial charge in [-0.15, -0.1) is 0 Å². The molecule has 0 fully saturated rings. The van der Waals surface area contributed by atoms with Crippen molar-refractivity contribution in [2.75, 3.05) is 14.4 Å². The average Bonchev–Trinajstić information content (AvgIpc) is 2.93. The lowest BCUT2D eigenvalue weighted by Gasteiger charge is -2.15. The highest BCUT2D eigenvalue weighted by Crippen LogP contribution is 2.22. The summed E-state index contributed by atoms with van der Waals surface area (Å²) < 4.78 is 19.0. The lowest BCUT2D eigenvalue weighted by Crippen LogP contribution is -2.00. The molecule has 0 aromatic heterocycles. The monoisotopic (exact) mass is 532 g/mol. The molecule has 0 nitrogen and oxygen atoms in total. The van der Waals surface area contributed by atoms with E-state index in [0.29, 0.717) is 26.2 Å². The molecule has 220 valence electrons. The van der Waals surface area contributed by atoms with Gasteiger partial charge in [0.2, 0.25) is 0 Å². The molecule has 2 heteroatoms. The van der Waals surface area contributed by atoms with Crippen LogP contribution in [0.4, 0.5) is 8.78 Å². The maximum atomic E-state index is 9.50. The van der Waals surface area contributed by atoms with Crippen molar-refractivity contribution >= 4 is 0 Å². The van der Waals surface area contributed by atoms with E-state index in [0.717, 1.165) is 11.8 Å². The summed E-state index contributed by atoms with van der Waals surface area (Å²) in [4.78, 5) is 0. The highest BCUT2D eigenvalue weighted by molar-refractivity contribution is 5.19. The molecular formula is C36H62F2. The number of benzene rings is 3. The Morgan fingerprint density at radius 2 is 0.816 bits per heavy atom. The Morgan fingerprint density at radius 3 is 1.08 bits per heavy atom. The van der Waals surface area contributed by atoms with Gasteiger partial charge in [-0.3, -0.25) is 8.78 Å². The molecule has 38 heavy (non-hydrogen) atoms. The van der Waals surface area contributed by atoms with Crippen molar-refractivity contribution in [3.05, 3.63) is 108 Å². The molecule has 0 N–H and O–H groups in total. The summed E-state index contributed by atoms with van der Waals surface area (Å²) in [6.07, 6.45) is 1.20. The SMILES string of the molecule is C.C.CC.CC(C)C(C)c1ccccc1.CC(C)Cc1ccccc1.CC(C)c1ccccc1.CF.CF. The summed E-state index contributed by atoms with van der Waals surface area (Å²) >= 11 is 0. The zero-order valence-corrected chi connectivity index (χ0v) is 24.9. The molecule has 0 aliphatic carbocycles. The van der Waals surface area contributed by atoms with Crippen LogP contribution in [0, 0.1) is 11.8 Å². The minimum absolute atomic E-state index is 0. The standard InChI is InChI=1S/C11H16.C10H14.C9H12.C2H6.2CH3F.2CH4/c1-9(2)10(3)11-7-5-4-6-8-11;1-9(2)8-10-6-4-3-5-7-10;1-8(2)9-6-4-3-5-7-9;3*1-2;;/h4-10H,1-3H3;3-7,9H,8H2,1-2H3;3-8H,1-2H3;1-2H3;2*1H3;2*1H4. The van der Waals surface area contributed by atoms with Gasteiger partial charge >= 0.3 is 0 Å². The Labute approximate surface area is 237 Å². The first-order chi connectivity index (χ1) is 17.3. The third-order valence-electron chi connectivity index (χ3n) is 5.28. The van der Waals surface area contributed by atoms with Crippen LogP contribution < -0.4 is 0 Å². The second-order valence-electron chi connectivity index (χ2n) is 9.09. The number of hydrogen-bond acceptors (Lipinski definition) is 0. The van der Waals surface area contributed by atoms with Crippen LogP contribution >= 0.6 is 0 Å². The summed E-state index contributed by atoms with van der Waals surface area (Å²) in [5.74, 6) is 2.84. The minimum Gasteiger partial charge on any atom is -0.255 e. The van der Waals surface area contributed by atoms with E-state index in [-0.39, 0.29) is 14.9 Å². The number of alkyl halides is 2. The fraction of sp³-hybridized carbons (Fsp3) is 0.500. The van der Waals surface area contributed by atoms with Crippen LogP contribution in [0.1, 0.15) is 106 Å². The average molecular weight is 533 g/mol. The van der Waals surface area contributed by atoms with Gasteiger partial charge in [0.05, 0.1) is 14.4 Å². The highest BCUT2D eigenvalue weighted by Gasteiger charge is 2.07. The first kappa shape index (κ1) is 45.4. The molecule has 0 aliphatic rings. The van der Waals surface area contributed by atoms with Gasteiger partial charge in [0.1, 0.15) is 0 Å². The van der Waals surface area contributed by atoms with Crippen LogP contribution in [0.2, 0.25) is 0 Å². The molecule has 0 amide bonds.